The van der Waals surface area contributed by atoms with Gasteiger partial charge in [0.2, 0.25) is 0 Å². The summed E-state index contributed by atoms with van der Waals surface area (Å²) in [7, 11) is 0. The Balaban J connectivity index is 1.79. The van der Waals surface area contributed by atoms with Crippen LogP contribution in [0.25, 0.3) is 0 Å². The Hall–Kier alpha value is -1.85. The van der Waals surface area contributed by atoms with Gasteiger partial charge in [0, 0.05) is 18.0 Å². The number of nitrogens with zero attached hydrogens (tertiary/aromatic N) is 1. The number of carbonyl (C=O) groups is 1. The number of morpholine rings is 1. The highest BCUT2D eigenvalue weighted by Gasteiger charge is 2.22. The maximum atomic E-state index is 12.5. The van der Waals surface area contributed by atoms with Crippen molar-refractivity contribution in [3.63, 3.8) is 0 Å². The summed E-state index contributed by atoms with van der Waals surface area (Å²) < 4.78 is 5.31. The predicted molar refractivity (Wildman–Crippen MR) is 88.3 cm³/mol. The number of nitrogens with one attached hydrogen (secondary N) is 1. The zero-order valence-corrected chi connectivity index (χ0v) is 13.4. The minimum Gasteiger partial charge on any atom is -0.378 e. The Morgan fingerprint density at radius 2 is 1.95 bits per heavy atom. The van der Waals surface area contributed by atoms with Crippen molar-refractivity contribution in [3.8, 4) is 0 Å². The Bertz CT molecular complexity index is 604. The Kier molecular flexibility index (Phi) is 4.75. The van der Waals surface area contributed by atoms with Gasteiger partial charge >= 0.3 is 6.03 Å². The molecule has 22 heavy (non-hydrogen) atoms. The van der Waals surface area contributed by atoms with Crippen LogP contribution in [0.15, 0.2) is 41.8 Å². The van der Waals surface area contributed by atoms with Crippen molar-refractivity contribution in [2.75, 3.05) is 26.3 Å². The predicted octanol–water partition coefficient (Wildman–Crippen LogP) is 3.19. The average Bonchev–Trinajstić information content (AvgIpc) is 3.08. The zero-order valence-electron chi connectivity index (χ0n) is 12.6. The fraction of sp³-hybridized carbons (Fsp3) is 0.353. The van der Waals surface area contributed by atoms with E-state index in [0.717, 1.165) is 10.4 Å². The topological polar surface area (TPSA) is 41.6 Å². The molecular formula is C17H20N2O2S. The quantitative estimate of drug-likeness (QED) is 0.945. The normalized spacial score (nSPS) is 16.3. The van der Waals surface area contributed by atoms with Gasteiger partial charge in [0.25, 0.3) is 0 Å². The first-order valence-electron chi connectivity index (χ1n) is 7.47. The molecule has 1 aliphatic heterocycles. The summed E-state index contributed by atoms with van der Waals surface area (Å²) in [4.78, 5) is 15.5. The van der Waals surface area contributed by atoms with Crippen LogP contribution in [0.4, 0.5) is 4.79 Å². The molecular weight excluding hydrogens is 296 g/mol. The highest BCUT2D eigenvalue weighted by Crippen LogP contribution is 2.26. The minimum atomic E-state index is -0.101. The lowest BCUT2D eigenvalue weighted by Gasteiger charge is -2.29. The number of amides is 2. The largest absolute Gasteiger partial charge is 0.378 e. The average molecular weight is 316 g/mol. The van der Waals surface area contributed by atoms with Crippen LogP contribution in [0.3, 0.4) is 0 Å². The number of aryl methyl sites for hydroxylation is 1. The van der Waals surface area contributed by atoms with Crippen LogP contribution in [-0.2, 0) is 4.74 Å². The van der Waals surface area contributed by atoms with Gasteiger partial charge in [-0.3, -0.25) is 0 Å². The molecule has 3 rings (SSSR count). The van der Waals surface area contributed by atoms with E-state index < -0.39 is 0 Å². The van der Waals surface area contributed by atoms with Crippen molar-refractivity contribution in [2.45, 2.75) is 13.0 Å². The van der Waals surface area contributed by atoms with Crippen molar-refractivity contribution < 1.29 is 9.53 Å². The summed E-state index contributed by atoms with van der Waals surface area (Å²) in [5.74, 6) is 0. The van der Waals surface area contributed by atoms with Gasteiger partial charge in [-0.25, -0.2) is 4.79 Å². The number of hydrogen-bond donors (Lipinski definition) is 1. The van der Waals surface area contributed by atoms with Crippen LogP contribution in [-0.4, -0.2) is 37.2 Å². The SMILES string of the molecule is Cc1ccc(C(NC(=O)N2CCOCC2)c2cccs2)cc1. The number of benzene rings is 1. The van der Waals surface area contributed by atoms with Gasteiger partial charge in [-0.15, -0.1) is 11.3 Å². The number of urea groups is 1. The van der Waals surface area contributed by atoms with E-state index in [1.165, 1.54) is 5.56 Å². The third-order valence-corrected chi connectivity index (χ3v) is 4.74. The summed E-state index contributed by atoms with van der Waals surface area (Å²) in [6.07, 6.45) is 0. The number of rotatable bonds is 3. The Morgan fingerprint density at radius 3 is 2.59 bits per heavy atom. The Morgan fingerprint density at radius 1 is 1.23 bits per heavy atom. The fourth-order valence-electron chi connectivity index (χ4n) is 2.51. The van der Waals surface area contributed by atoms with Crippen molar-refractivity contribution in [1.29, 1.82) is 0 Å². The molecule has 2 heterocycles. The number of hydrogen-bond acceptors (Lipinski definition) is 3. The maximum Gasteiger partial charge on any atom is 0.318 e. The highest BCUT2D eigenvalue weighted by atomic mass is 32.1. The van der Waals surface area contributed by atoms with Gasteiger partial charge in [-0.1, -0.05) is 35.9 Å². The zero-order chi connectivity index (χ0) is 15.4. The van der Waals surface area contributed by atoms with E-state index >= 15 is 0 Å². The lowest BCUT2D eigenvalue weighted by molar-refractivity contribution is 0.0528. The van der Waals surface area contributed by atoms with Crippen molar-refractivity contribution >= 4 is 17.4 Å². The standard InChI is InChI=1S/C17H20N2O2S/c1-13-4-6-14(7-5-13)16(15-3-2-12-22-15)18-17(20)19-8-10-21-11-9-19/h2-7,12,16H,8-11H2,1H3,(H,18,20). The monoisotopic (exact) mass is 316 g/mol. The lowest BCUT2D eigenvalue weighted by Crippen LogP contribution is -2.47. The van der Waals surface area contributed by atoms with Crippen molar-refractivity contribution in [1.82, 2.24) is 10.2 Å². The van der Waals surface area contributed by atoms with Gasteiger partial charge in [-0.05, 0) is 23.9 Å². The van der Waals surface area contributed by atoms with E-state index in [-0.39, 0.29) is 12.1 Å². The van der Waals surface area contributed by atoms with Crippen LogP contribution in [0.1, 0.15) is 22.0 Å². The summed E-state index contributed by atoms with van der Waals surface area (Å²) in [6, 6.07) is 12.3. The van der Waals surface area contributed by atoms with E-state index in [1.807, 2.05) is 16.3 Å². The smallest absolute Gasteiger partial charge is 0.318 e. The summed E-state index contributed by atoms with van der Waals surface area (Å²) in [5, 5.41) is 5.21. The molecule has 116 valence electrons. The number of thiophene rings is 1. The molecule has 2 aromatic rings. The molecule has 0 aliphatic carbocycles. The van der Waals surface area contributed by atoms with Crippen LogP contribution in [0.2, 0.25) is 0 Å². The van der Waals surface area contributed by atoms with E-state index in [1.54, 1.807) is 11.3 Å². The molecule has 1 atom stereocenters. The van der Waals surface area contributed by atoms with Crippen LogP contribution < -0.4 is 5.32 Å². The van der Waals surface area contributed by atoms with Gasteiger partial charge in [0.1, 0.15) is 0 Å². The molecule has 5 heteroatoms. The van der Waals surface area contributed by atoms with Crippen LogP contribution >= 0.6 is 11.3 Å². The molecule has 1 aromatic carbocycles. The number of carbonyl (C=O) groups excluding carboxylic acids is 1. The second-order valence-corrected chi connectivity index (χ2v) is 6.39. The molecule has 4 nitrogen and oxygen atoms in total. The van der Waals surface area contributed by atoms with Crippen LogP contribution in [0, 0.1) is 6.92 Å². The van der Waals surface area contributed by atoms with Crippen LogP contribution in [0.5, 0.6) is 0 Å². The first kappa shape index (κ1) is 15.1. The third-order valence-electron chi connectivity index (χ3n) is 3.80. The van der Waals surface area contributed by atoms with Gasteiger partial charge in [0.15, 0.2) is 0 Å². The molecule has 0 spiro atoms. The molecule has 1 unspecified atom stereocenters. The summed E-state index contributed by atoms with van der Waals surface area (Å²) >= 11 is 1.66. The Labute approximate surface area is 134 Å². The van der Waals surface area contributed by atoms with E-state index in [9.17, 15) is 4.79 Å². The molecule has 1 aliphatic rings. The molecule has 1 N–H and O–H groups in total. The fourth-order valence-corrected chi connectivity index (χ4v) is 3.32. The molecule has 0 bridgehead atoms. The third kappa shape index (κ3) is 3.48. The minimum absolute atomic E-state index is 0.0257. The van der Waals surface area contributed by atoms with Gasteiger partial charge in [-0.2, -0.15) is 0 Å². The first-order chi connectivity index (χ1) is 10.7. The van der Waals surface area contributed by atoms with Crippen molar-refractivity contribution in [3.05, 3.63) is 57.8 Å². The number of ether oxygens (including phenoxy) is 1. The molecule has 1 fully saturated rings. The second-order valence-electron chi connectivity index (χ2n) is 5.41. The first-order valence-corrected chi connectivity index (χ1v) is 8.35. The van der Waals surface area contributed by atoms with Crippen molar-refractivity contribution in [2.24, 2.45) is 0 Å². The van der Waals surface area contributed by atoms with Gasteiger partial charge in [0.05, 0.1) is 19.3 Å². The molecule has 1 aromatic heterocycles. The lowest BCUT2D eigenvalue weighted by atomic mass is 10.0. The molecule has 0 saturated carbocycles. The summed E-state index contributed by atoms with van der Waals surface area (Å²) in [6.45, 7) is 4.59. The molecule has 1 saturated heterocycles. The van der Waals surface area contributed by atoms with E-state index in [0.29, 0.717) is 26.3 Å². The van der Waals surface area contributed by atoms with E-state index in [2.05, 4.69) is 42.6 Å². The molecule has 2 amide bonds. The summed E-state index contributed by atoms with van der Waals surface area (Å²) in [5.41, 5.74) is 2.32. The maximum absolute atomic E-state index is 12.5. The second kappa shape index (κ2) is 6.94. The van der Waals surface area contributed by atoms with E-state index in [4.69, 9.17) is 4.74 Å². The van der Waals surface area contributed by atoms with Gasteiger partial charge < -0.3 is 15.0 Å². The molecule has 0 radical (unpaired) electrons. The highest BCUT2D eigenvalue weighted by molar-refractivity contribution is 7.10.